The Kier molecular flexibility index (Phi) is 6.49. The Bertz CT molecular complexity index is 1140. The zero-order chi connectivity index (χ0) is 25.4. The van der Waals surface area contributed by atoms with E-state index in [1.807, 2.05) is 74.3 Å². The Morgan fingerprint density at radius 3 is 2.33 bits per heavy atom. The Morgan fingerprint density at radius 1 is 1.00 bits per heavy atom. The van der Waals surface area contributed by atoms with Crippen molar-refractivity contribution in [1.82, 2.24) is 15.1 Å². The molecule has 2 heterocycles. The highest BCUT2D eigenvalue weighted by Gasteiger charge is 2.53. The summed E-state index contributed by atoms with van der Waals surface area (Å²) in [4.78, 5) is 45.8. The molecule has 36 heavy (non-hydrogen) atoms. The van der Waals surface area contributed by atoms with Gasteiger partial charge in [-0.3, -0.25) is 14.4 Å². The maximum absolute atomic E-state index is 13.6. The Hall–Kier alpha value is -3.35. The van der Waals surface area contributed by atoms with Crippen molar-refractivity contribution in [2.75, 3.05) is 31.7 Å². The number of hydrogen-bond donors (Lipinski definition) is 1. The molecule has 1 unspecified atom stereocenters. The van der Waals surface area contributed by atoms with Gasteiger partial charge in [0.2, 0.25) is 11.8 Å². The Morgan fingerprint density at radius 2 is 1.69 bits per heavy atom. The third kappa shape index (κ3) is 4.47. The summed E-state index contributed by atoms with van der Waals surface area (Å²) >= 11 is 0. The van der Waals surface area contributed by atoms with E-state index in [9.17, 15) is 14.4 Å². The molecule has 0 radical (unpaired) electrons. The minimum absolute atomic E-state index is 0.0518. The number of nitrogens with zero attached hydrogens (tertiary/aromatic N) is 3. The smallest absolute Gasteiger partial charge is 0.251 e. The predicted octanol–water partition coefficient (Wildman–Crippen LogP) is 3.62. The fourth-order valence-corrected chi connectivity index (χ4v) is 5.69. The van der Waals surface area contributed by atoms with E-state index in [0.717, 1.165) is 5.69 Å². The number of rotatable bonds is 6. The largest absolute Gasteiger partial charge is 0.341 e. The van der Waals surface area contributed by atoms with Gasteiger partial charge in [-0.15, -0.1) is 0 Å². The first-order valence-corrected chi connectivity index (χ1v) is 13.1. The van der Waals surface area contributed by atoms with Crippen molar-refractivity contribution in [3.8, 4) is 0 Å². The number of benzene rings is 2. The molecule has 0 bridgehead atoms. The van der Waals surface area contributed by atoms with Crippen LogP contribution in [0.5, 0.6) is 0 Å². The van der Waals surface area contributed by atoms with Gasteiger partial charge < -0.3 is 20.0 Å². The lowest BCUT2D eigenvalue weighted by Gasteiger charge is -2.44. The maximum Gasteiger partial charge on any atom is 0.251 e. The van der Waals surface area contributed by atoms with E-state index in [2.05, 4.69) is 16.3 Å². The molecule has 3 aliphatic rings. The summed E-state index contributed by atoms with van der Waals surface area (Å²) in [6.45, 7) is 5.43. The molecule has 5 rings (SSSR count). The zero-order valence-corrected chi connectivity index (χ0v) is 21.4. The van der Waals surface area contributed by atoms with Gasteiger partial charge in [0.1, 0.15) is 11.6 Å². The SMILES string of the molecule is CC(C)C(NC(=O)c1cccc(C2CC2)c1)C(=O)N1CCC2(CC1)C(=O)N(C)CN2c1ccccc1. The van der Waals surface area contributed by atoms with Gasteiger partial charge in [0.15, 0.2) is 0 Å². The second-order valence-electron chi connectivity index (χ2n) is 10.9. The van der Waals surface area contributed by atoms with E-state index in [0.29, 0.717) is 44.1 Å². The number of carbonyl (C=O) groups is 3. The maximum atomic E-state index is 13.6. The topological polar surface area (TPSA) is 73.0 Å². The highest BCUT2D eigenvalue weighted by atomic mass is 16.2. The molecule has 1 N–H and O–H groups in total. The van der Waals surface area contributed by atoms with Gasteiger partial charge in [0, 0.05) is 31.4 Å². The second-order valence-corrected chi connectivity index (χ2v) is 10.9. The molecule has 3 fully saturated rings. The van der Waals surface area contributed by atoms with Crippen molar-refractivity contribution < 1.29 is 14.4 Å². The molecule has 2 aliphatic heterocycles. The Labute approximate surface area is 213 Å². The molecule has 1 saturated carbocycles. The molecule has 3 amide bonds. The molecular formula is C29H36N4O3. The lowest BCUT2D eigenvalue weighted by Crippen LogP contribution is -2.60. The minimum Gasteiger partial charge on any atom is -0.341 e. The van der Waals surface area contributed by atoms with E-state index in [4.69, 9.17) is 0 Å². The fraction of sp³-hybridized carbons (Fsp3) is 0.483. The van der Waals surface area contributed by atoms with Crippen LogP contribution in [0.1, 0.15) is 61.4 Å². The zero-order valence-electron chi connectivity index (χ0n) is 21.4. The van der Waals surface area contributed by atoms with Gasteiger partial charge in [0.25, 0.3) is 5.91 Å². The van der Waals surface area contributed by atoms with Gasteiger partial charge >= 0.3 is 0 Å². The number of likely N-dealkylation sites (tertiary alicyclic amines) is 1. The first kappa shape index (κ1) is 24.3. The summed E-state index contributed by atoms with van der Waals surface area (Å²) in [6.07, 6.45) is 3.49. The lowest BCUT2D eigenvalue weighted by atomic mass is 9.85. The molecule has 2 aromatic rings. The van der Waals surface area contributed by atoms with Crippen molar-refractivity contribution in [3.05, 3.63) is 65.7 Å². The van der Waals surface area contributed by atoms with Crippen LogP contribution >= 0.6 is 0 Å². The highest BCUT2D eigenvalue weighted by molar-refractivity contribution is 5.98. The van der Waals surface area contributed by atoms with Crippen LogP contribution in [0.4, 0.5) is 5.69 Å². The normalized spacial score (nSPS) is 20.2. The van der Waals surface area contributed by atoms with Crippen LogP contribution in [0, 0.1) is 5.92 Å². The van der Waals surface area contributed by atoms with Crippen molar-refractivity contribution in [1.29, 1.82) is 0 Å². The van der Waals surface area contributed by atoms with Crippen LogP contribution in [0.15, 0.2) is 54.6 Å². The van der Waals surface area contributed by atoms with Crippen LogP contribution in [0.2, 0.25) is 0 Å². The van der Waals surface area contributed by atoms with Crippen LogP contribution in [-0.4, -0.2) is 65.9 Å². The molecule has 0 aromatic heterocycles. The molecule has 2 aromatic carbocycles. The predicted molar refractivity (Wildman–Crippen MR) is 140 cm³/mol. The van der Waals surface area contributed by atoms with Gasteiger partial charge in [-0.2, -0.15) is 0 Å². The van der Waals surface area contributed by atoms with E-state index in [1.54, 1.807) is 4.90 Å². The monoisotopic (exact) mass is 488 g/mol. The average molecular weight is 489 g/mol. The lowest BCUT2D eigenvalue weighted by molar-refractivity contribution is -0.139. The van der Waals surface area contributed by atoms with Crippen LogP contribution in [0.3, 0.4) is 0 Å². The summed E-state index contributed by atoms with van der Waals surface area (Å²) in [5.74, 6) is 0.345. The third-order valence-electron chi connectivity index (χ3n) is 8.00. The molecule has 7 nitrogen and oxygen atoms in total. The number of piperidine rings is 1. The van der Waals surface area contributed by atoms with E-state index in [1.165, 1.54) is 18.4 Å². The number of anilines is 1. The van der Waals surface area contributed by atoms with Gasteiger partial charge in [-0.25, -0.2) is 0 Å². The van der Waals surface area contributed by atoms with Crippen LogP contribution in [0.25, 0.3) is 0 Å². The molecular weight excluding hydrogens is 452 g/mol. The summed E-state index contributed by atoms with van der Waals surface area (Å²) in [7, 11) is 1.84. The van der Waals surface area contributed by atoms with Gasteiger partial charge in [0.05, 0.1) is 6.67 Å². The summed E-state index contributed by atoms with van der Waals surface area (Å²) in [5.41, 5.74) is 2.20. The number of carbonyl (C=O) groups excluding carboxylic acids is 3. The average Bonchev–Trinajstić information content (AvgIpc) is 3.72. The molecule has 190 valence electrons. The van der Waals surface area contributed by atoms with E-state index in [-0.39, 0.29) is 23.6 Å². The number of amides is 3. The molecule has 2 saturated heterocycles. The number of likely N-dealkylation sites (N-methyl/N-ethyl adjacent to an activating group) is 1. The van der Waals surface area contributed by atoms with Crippen molar-refractivity contribution >= 4 is 23.4 Å². The second kappa shape index (κ2) is 9.60. The molecule has 1 aliphatic carbocycles. The summed E-state index contributed by atoms with van der Waals surface area (Å²) in [5, 5.41) is 3.01. The van der Waals surface area contributed by atoms with Crippen molar-refractivity contribution in [2.24, 2.45) is 5.92 Å². The minimum atomic E-state index is -0.632. The van der Waals surface area contributed by atoms with Crippen LogP contribution in [-0.2, 0) is 9.59 Å². The van der Waals surface area contributed by atoms with Crippen molar-refractivity contribution in [2.45, 2.75) is 57.0 Å². The quantitative estimate of drug-likeness (QED) is 0.674. The van der Waals surface area contributed by atoms with Gasteiger partial charge in [-0.1, -0.05) is 44.2 Å². The third-order valence-corrected chi connectivity index (χ3v) is 8.00. The molecule has 1 atom stereocenters. The first-order valence-electron chi connectivity index (χ1n) is 13.1. The molecule has 7 heteroatoms. The molecule has 1 spiro atoms. The Balaban J connectivity index is 1.28. The first-order chi connectivity index (χ1) is 17.3. The van der Waals surface area contributed by atoms with E-state index >= 15 is 0 Å². The van der Waals surface area contributed by atoms with Gasteiger partial charge in [-0.05, 0) is 67.3 Å². The van der Waals surface area contributed by atoms with Crippen molar-refractivity contribution in [3.63, 3.8) is 0 Å². The highest BCUT2D eigenvalue weighted by Crippen LogP contribution is 2.40. The van der Waals surface area contributed by atoms with Crippen LogP contribution < -0.4 is 10.2 Å². The van der Waals surface area contributed by atoms with E-state index < -0.39 is 11.6 Å². The summed E-state index contributed by atoms with van der Waals surface area (Å²) in [6, 6.07) is 17.2. The standard InChI is InChI=1S/C29H36N4O3/c1-20(2)25(30-26(34)23-9-7-8-22(18-23)21-12-13-21)27(35)32-16-14-29(15-17-32)28(36)31(3)19-33(29)24-10-5-4-6-11-24/h4-11,18,20-21,25H,12-17,19H2,1-3H3,(H,30,34). The number of para-hydroxylation sites is 1. The summed E-state index contributed by atoms with van der Waals surface area (Å²) < 4.78 is 0. The number of hydrogen-bond acceptors (Lipinski definition) is 4. The number of nitrogens with one attached hydrogen (secondary N) is 1. The fourth-order valence-electron chi connectivity index (χ4n) is 5.69.